The number of carbonyl (C=O) groups excluding carboxylic acids is 1. The minimum absolute atomic E-state index is 0.390. The normalized spacial score (nSPS) is 15.5. The number of carboxylic acids is 1. The molecule has 0 atom stereocenters. The third-order valence-corrected chi connectivity index (χ3v) is 4.28. The van der Waals surface area contributed by atoms with Crippen molar-refractivity contribution in [3.8, 4) is 0 Å². The lowest BCUT2D eigenvalue weighted by atomic mass is 9.93. The maximum atomic E-state index is 14.2. The number of hydrogen-bond donors (Lipinski definition) is 1. The van der Waals surface area contributed by atoms with Crippen LogP contribution in [-0.4, -0.2) is 50.3 Å². The summed E-state index contributed by atoms with van der Waals surface area (Å²) in [7, 11) is 0. The molecule has 1 aliphatic rings. The van der Waals surface area contributed by atoms with Crippen LogP contribution in [0.4, 0.5) is 20.3 Å². The highest BCUT2D eigenvalue weighted by Gasteiger charge is 2.47. The SMILES string of the molecule is O=C(O)C(=O)C(F)(F)CN(c1nc(Cl)ncc1[N+](=O)[O-])C1CCCCC1. The number of anilines is 1. The van der Waals surface area contributed by atoms with E-state index in [0.29, 0.717) is 25.7 Å². The van der Waals surface area contributed by atoms with Crippen molar-refractivity contribution in [1.29, 1.82) is 0 Å². The summed E-state index contributed by atoms with van der Waals surface area (Å²) in [5, 5.41) is 19.4. The van der Waals surface area contributed by atoms with Crippen molar-refractivity contribution in [3.05, 3.63) is 21.6 Å². The average molecular weight is 393 g/mol. The molecule has 1 fully saturated rings. The maximum Gasteiger partial charge on any atom is 0.378 e. The lowest BCUT2D eigenvalue weighted by Crippen LogP contribution is -2.50. The molecule has 0 aromatic carbocycles. The highest BCUT2D eigenvalue weighted by Crippen LogP contribution is 2.34. The van der Waals surface area contributed by atoms with E-state index in [9.17, 15) is 28.5 Å². The molecule has 0 saturated heterocycles. The summed E-state index contributed by atoms with van der Waals surface area (Å²) in [6, 6.07) is -0.569. The molecular weight excluding hydrogens is 378 g/mol. The molecule has 2 rings (SSSR count). The molecule has 0 amide bonds. The molecule has 1 aromatic rings. The minimum Gasteiger partial charge on any atom is -0.475 e. The Kier molecular flexibility index (Phi) is 6.01. The second-order valence-electron chi connectivity index (χ2n) is 5.86. The van der Waals surface area contributed by atoms with Crippen LogP contribution in [0, 0.1) is 10.1 Å². The minimum atomic E-state index is -4.26. The van der Waals surface area contributed by atoms with Crippen LogP contribution >= 0.6 is 11.6 Å². The fraction of sp³-hybridized carbons (Fsp3) is 0.571. The van der Waals surface area contributed by atoms with E-state index >= 15 is 0 Å². The molecular formula is C14H15ClF2N4O5. The molecule has 9 nitrogen and oxygen atoms in total. The van der Waals surface area contributed by atoms with Crippen molar-refractivity contribution in [2.45, 2.75) is 44.1 Å². The van der Waals surface area contributed by atoms with Crippen LogP contribution in [-0.2, 0) is 9.59 Å². The number of rotatable bonds is 7. The molecule has 142 valence electrons. The van der Waals surface area contributed by atoms with Crippen molar-refractivity contribution in [1.82, 2.24) is 9.97 Å². The van der Waals surface area contributed by atoms with Gasteiger partial charge in [0.05, 0.1) is 11.5 Å². The number of ketones is 1. The number of nitrogens with zero attached hydrogens (tertiary/aromatic N) is 4. The zero-order valence-corrected chi connectivity index (χ0v) is 14.2. The molecule has 1 N–H and O–H groups in total. The van der Waals surface area contributed by atoms with Gasteiger partial charge in [0.1, 0.15) is 6.20 Å². The summed E-state index contributed by atoms with van der Waals surface area (Å²) in [4.78, 5) is 40.5. The first kappa shape index (κ1) is 19.9. The number of carboxylic acid groups (broad SMARTS) is 1. The fourth-order valence-electron chi connectivity index (χ4n) is 2.90. The fourth-order valence-corrected chi connectivity index (χ4v) is 3.03. The van der Waals surface area contributed by atoms with Gasteiger partial charge in [-0.3, -0.25) is 14.9 Å². The monoisotopic (exact) mass is 392 g/mol. The third-order valence-electron chi connectivity index (χ3n) is 4.10. The number of hydrogen-bond acceptors (Lipinski definition) is 7. The van der Waals surface area contributed by atoms with Gasteiger partial charge in [0.15, 0.2) is 0 Å². The van der Waals surface area contributed by atoms with Crippen molar-refractivity contribution in [3.63, 3.8) is 0 Å². The predicted octanol–water partition coefficient (Wildman–Crippen LogP) is 2.47. The largest absolute Gasteiger partial charge is 0.475 e. The average Bonchev–Trinajstić information content (AvgIpc) is 2.59. The van der Waals surface area contributed by atoms with Crippen LogP contribution in [0.25, 0.3) is 0 Å². The molecule has 0 spiro atoms. The van der Waals surface area contributed by atoms with Gasteiger partial charge in [0.2, 0.25) is 11.1 Å². The second kappa shape index (κ2) is 7.85. The summed E-state index contributed by atoms with van der Waals surface area (Å²) in [5.74, 6) is -9.29. The van der Waals surface area contributed by atoms with Crippen LogP contribution in [0.1, 0.15) is 32.1 Å². The van der Waals surface area contributed by atoms with E-state index in [2.05, 4.69) is 9.97 Å². The van der Waals surface area contributed by atoms with Crippen LogP contribution in [0.3, 0.4) is 0 Å². The molecule has 0 radical (unpaired) electrons. The Labute approximate surface area is 151 Å². The molecule has 1 saturated carbocycles. The van der Waals surface area contributed by atoms with Gasteiger partial charge in [-0.2, -0.15) is 13.8 Å². The first-order chi connectivity index (χ1) is 12.1. The number of Topliss-reactive ketones (excluding diaryl/α,β-unsaturated/α-hetero) is 1. The Morgan fingerprint density at radius 3 is 2.54 bits per heavy atom. The lowest BCUT2D eigenvalue weighted by molar-refractivity contribution is -0.384. The molecule has 1 aromatic heterocycles. The van der Waals surface area contributed by atoms with Crippen molar-refractivity contribution in [2.24, 2.45) is 0 Å². The number of aromatic nitrogens is 2. The highest BCUT2D eigenvalue weighted by molar-refractivity contribution is 6.35. The Balaban J connectivity index is 2.48. The number of nitro groups is 1. The van der Waals surface area contributed by atoms with E-state index in [1.165, 1.54) is 0 Å². The number of alkyl halides is 2. The van der Waals surface area contributed by atoms with E-state index in [0.717, 1.165) is 17.5 Å². The molecule has 26 heavy (non-hydrogen) atoms. The van der Waals surface area contributed by atoms with Gasteiger partial charge in [0.25, 0.3) is 0 Å². The van der Waals surface area contributed by atoms with E-state index in [1.807, 2.05) is 0 Å². The Bertz CT molecular complexity index is 727. The first-order valence-corrected chi connectivity index (χ1v) is 8.10. The van der Waals surface area contributed by atoms with Gasteiger partial charge in [0, 0.05) is 6.04 Å². The van der Waals surface area contributed by atoms with Crippen LogP contribution in [0.5, 0.6) is 0 Å². The third kappa shape index (κ3) is 4.40. The summed E-state index contributed by atoms with van der Waals surface area (Å²) >= 11 is 5.67. The second-order valence-corrected chi connectivity index (χ2v) is 6.20. The molecule has 12 heteroatoms. The molecule has 1 heterocycles. The molecule has 0 bridgehead atoms. The zero-order chi connectivity index (χ0) is 19.5. The first-order valence-electron chi connectivity index (χ1n) is 7.72. The highest BCUT2D eigenvalue weighted by atomic mass is 35.5. The predicted molar refractivity (Wildman–Crippen MR) is 85.5 cm³/mol. The van der Waals surface area contributed by atoms with Gasteiger partial charge >= 0.3 is 23.4 Å². The molecule has 0 unspecified atom stereocenters. The van der Waals surface area contributed by atoms with Gasteiger partial charge in [-0.1, -0.05) is 19.3 Å². The van der Waals surface area contributed by atoms with Gasteiger partial charge in [-0.25, -0.2) is 9.78 Å². The van der Waals surface area contributed by atoms with Gasteiger partial charge in [-0.05, 0) is 24.4 Å². The van der Waals surface area contributed by atoms with Crippen molar-refractivity contribution in [2.75, 3.05) is 11.4 Å². The maximum absolute atomic E-state index is 14.2. The smallest absolute Gasteiger partial charge is 0.378 e. The summed E-state index contributed by atoms with van der Waals surface area (Å²) < 4.78 is 28.3. The molecule has 0 aliphatic heterocycles. The van der Waals surface area contributed by atoms with Crippen LogP contribution < -0.4 is 4.90 Å². The summed E-state index contributed by atoms with van der Waals surface area (Å²) in [6.07, 6.45) is 3.95. The number of carbonyl (C=O) groups is 2. The lowest BCUT2D eigenvalue weighted by Gasteiger charge is -2.36. The van der Waals surface area contributed by atoms with Crippen LogP contribution in [0.2, 0.25) is 5.28 Å². The zero-order valence-electron chi connectivity index (χ0n) is 13.4. The topological polar surface area (TPSA) is 127 Å². The Hall–Kier alpha value is -2.43. The number of halogens is 3. The number of aliphatic carboxylic acids is 1. The summed E-state index contributed by atoms with van der Waals surface area (Å²) in [6.45, 7) is -1.35. The van der Waals surface area contributed by atoms with E-state index in [1.54, 1.807) is 0 Å². The quantitative estimate of drug-likeness (QED) is 0.324. The standard InChI is InChI=1S/C14H15ClF2N4O5/c15-13-18-6-9(21(25)26)11(19-13)20(8-4-2-1-3-5-8)7-14(16,17)10(22)12(23)24/h6,8H,1-5,7H2,(H,23,24). The van der Waals surface area contributed by atoms with Crippen LogP contribution in [0.15, 0.2) is 6.20 Å². The Morgan fingerprint density at radius 2 is 2.00 bits per heavy atom. The summed E-state index contributed by atoms with van der Waals surface area (Å²) in [5.41, 5.74) is -0.654. The van der Waals surface area contributed by atoms with E-state index in [-0.39, 0.29) is 5.28 Å². The Morgan fingerprint density at radius 1 is 1.38 bits per heavy atom. The van der Waals surface area contributed by atoms with E-state index in [4.69, 9.17) is 16.7 Å². The van der Waals surface area contributed by atoms with Gasteiger partial charge < -0.3 is 10.0 Å². The van der Waals surface area contributed by atoms with Gasteiger partial charge in [-0.15, -0.1) is 0 Å². The van der Waals surface area contributed by atoms with Crippen molar-refractivity contribution < 1.29 is 28.4 Å². The molecule has 1 aliphatic carbocycles. The van der Waals surface area contributed by atoms with Crippen molar-refractivity contribution >= 4 is 34.9 Å². The van der Waals surface area contributed by atoms with E-state index < -0.39 is 46.7 Å².